The van der Waals surface area contributed by atoms with E-state index in [9.17, 15) is 22.0 Å². The van der Waals surface area contributed by atoms with Crippen LogP contribution in [0.2, 0.25) is 10.0 Å². The predicted molar refractivity (Wildman–Crippen MR) is 46.4 cm³/mol. The average Bonchev–Trinajstić information content (AvgIpc) is 2.00. The standard InChI is InChI=1S/C8H3Cl2F5/c9-4-2-1-3(8(13,14)15)6(10)5(4)7(11)12/h1-2,7H. The van der Waals surface area contributed by atoms with Crippen molar-refractivity contribution in [3.05, 3.63) is 33.3 Å². The number of hydrogen-bond donors (Lipinski definition) is 0. The molecule has 1 aromatic rings. The Morgan fingerprint density at radius 2 is 1.60 bits per heavy atom. The van der Waals surface area contributed by atoms with E-state index >= 15 is 0 Å². The van der Waals surface area contributed by atoms with E-state index in [2.05, 4.69) is 0 Å². The summed E-state index contributed by atoms with van der Waals surface area (Å²) >= 11 is 10.5. The molecule has 15 heavy (non-hydrogen) atoms. The molecule has 7 heteroatoms. The first-order valence-electron chi connectivity index (χ1n) is 3.58. The molecule has 0 fully saturated rings. The first-order valence-corrected chi connectivity index (χ1v) is 4.34. The second-order valence-electron chi connectivity index (χ2n) is 2.62. The maximum Gasteiger partial charge on any atom is 0.417 e. The largest absolute Gasteiger partial charge is 0.417 e. The molecule has 0 nitrogen and oxygen atoms in total. The smallest absolute Gasteiger partial charge is 0.205 e. The number of rotatable bonds is 1. The highest BCUT2D eigenvalue weighted by Crippen LogP contribution is 2.42. The normalized spacial score (nSPS) is 12.3. The van der Waals surface area contributed by atoms with Crippen molar-refractivity contribution < 1.29 is 22.0 Å². The van der Waals surface area contributed by atoms with Crippen LogP contribution in [0.1, 0.15) is 17.6 Å². The van der Waals surface area contributed by atoms with E-state index in [1.54, 1.807) is 0 Å². The van der Waals surface area contributed by atoms with E-state index in [0.717, 1.165) is 6.07 Å². The molecule has 1 aromatic carbocycles. The van der Waals surface area contributed by atoms with Crippen LogP contribution >= 0.6 is 23.2 Å². The van der Waals surface area contributed by atoms with Crippen LogP contribution in [-0.4, -0.2) is 0 Å². The van der Waals surface area contributed by atoms with Gasteiger partial charge in [0, 0.05) is 0 Å². The predicted octanol–water partition coefficient (Wildman–Crippen LogP) is 4.95. The topological polar surface area (TPSA) is 0 Å². The summed E-state index contributed by atoms with van der Waals surface area (Å²) in [5.41, 5.74) is -2.31. The summed E-state index contributed by atoms with van der Waals surface area (Å²) in [4.78, 5) is 0. The van der Waals surface area contributed by atoms with Crippen molar-refractivity contribution in [2.24, 2.45) is 0 Å². The van der Waals surface area contributed by atoms with Crippen molar-refractivity contribution in [3.8, 4) is 0 Å². The first kappa shape index (κ1) is 12.5. The highest BCUT2D eigenvalue weighted by atomic mass is 35.5. The molecule has 0 aliphatic rings. The van der Waals surface area contributed by atoms with Crippen LogP contribution in [-0.2, 0) is 6.18 Å². The van der Waals surface area contributed by atoms with Gasteiger partial charge in [0.05, 0.1) is 21.2 Å². The van der Waals surface area contributed by atoms with Gasteiger partial charge in [0.15, 0.2) is 0 Å². The van der Waals surface area contributed by atoms with E-state index in [0.29, 0.717) is 6.07 Å². The Kier molecular flexibility index (Phi) is 3.45. The lowest BCUT2D eigenvalue weighted by molar-refractivity contribution is -0.137. The zero-order chi connectivity index (χ0) is 11.8. The molecule has 0 aromatic heterocycles. The maximum absolute atomic E-state index is 12.3. The van der Waals surface area contributed by atoms with Gasteiger partial charge < -0.3 is 0 Å². The molecule has 0 saturated carbocycles. The van der Waals surface area contributed by atoms with Gasteiger partial charge in [-0.2, -0.15) is 13.2 Å². The summed E-state index contributed by atoms with van der Waals surface area (Å²) in [5, 5.41) is -1.53. The second kappa shape index (κ2) is 4.14. The van der Waals surface area contributed by atoms with E-state index in [1.165, 1.54) is 0 Å². The van der Waals surface area contributed by atoms with Crippen molar-refractivity contribution in [3.63, 3.8) is 0 Å². The summed E-state index contributed by atoms with van der Waals surface area (Å²) < 4.78 is 61.4. The maximum atomic E-state index is 12.3. The Morgan fingerprint density at radius 3 is 2.00 bits per heavy atom. The Labute approximate surface area is 91.6 Å². The lowest BCUT2D eigenvalue weighted by Crippen LogP contribution is -2.07. The minimum atomic E-state index is -4.77. The molecule has 0 N–H and O–H groups in total. The fraction of sp³-hybridized carbons (Fsp3) is 0.250. The summed E-state index contributed by atoms with van der Waals surface area (Å²) in [6, 6.07) is 1.31. The number of hydrogen-bond acceptors (Lipinski definition) is 0. The van der Waals surface area contributed by atoms with E-state index in [-0.39, 0.29) is 0 Å². The van der Waals surface area contributed by atoms with Gasteiger partial charge in [0.2, 0.25) is 0 Å². The van der Waals surface area contributed by atoms with Crippen LogP contribution in [0.3, 0.4) is 0 Å². The van der Waals surface area contributed by atoms with Gasteiger partial charge in [-0.3, -0.25) is 0 Å². The van der Waals surface area contributed by atoms with Gasteiger partial charge in [0.1, 0.15) is 0 Å². The third kappa shape index (κ3) is 2.52. The van der Waals surface area contributed by atoms with Crippen LogP contribution in [0.15, 0.2) is 12.1 Å². The van der Waals surface area contributed by atoms with Crippen molar-refractivity contribution in [2.75, 3.05) is 0 Å². The molecule has 0 spiro atoms. The Balaban J connectivity index is 3.42. The molecule has 0 atom stereocenters. The molecule has 84 valence electrons. The average molecular weight is 265 g/mol. The zero-order valence-electron chi connectivity index (χ0n) is 6.88. The molecule has 0 unspecified atom stereocenters. The first-order chi connectivity index (χ1) is 6.75. The molecule has 0 radical (unpaired) electrons. The van der Waals surface area contributed by atoms with Gasteiger partial charge in [-0.25, -0.2) is 8.78 Å². The third-order valence-corrected chi connectivity index (χ3v) is 2.39. The molecule has 1 rings (SSSR count). The number of halogens is 7. The monoisotopic (exact) mass is 264 g/mol. The van der Waals surface area contributed by atoms with Crippen molar-refractivity contribution >= 4 is 23.2 Å². The summed E-state index contributed by atoms with van der Waals surface area (Å²) in [5.74, 6) is 0. The molecular weight excluding hydrogens is 262 g/mol. The summed E-state index contributed by atoms with van der Waals surface area (Å²) in [7, 11) is 0. The van der Waals surface area contributed by atoms with Crippen molar-refractivity contribution in [1.82, 2.24) is 0 Å². The highest BCUT2D eigenvalue weighted by molar-refractivity contribution is 6.36. The zero-order valence-corrected chi connectivity index (χ0v) is 8.39. The molecule has 0 saturated heterocycles. The summed E-state index contributed by atoms with van der Waals surface area (Å²) in [6.07, 6.45) is -7.92. The third-order valence-electron chi connectivity index (χ3n) is 1.65. The van der Waals surface area contributed by atoms with Gasteiger partial charge >= 0.3 is 6.18 Å². The lowest BCUT2D eigenvalue weighted by atomic mass is 10.1. The van der Waals surface area contributed by atoms with Crippen molar-refractivity contribution in [1.29, 1.82) is 0 Å². The van der Waals surface area contributed by atoms with Gasteiger partial charge in [-0.15, -0.1) is 0 Å². The van der Waals surface area contributed by atoms with E-state index in [1.807, 2.05) is 0 Å². The fourth-order valence-electron chi connectivity index (χ4n) is 0.988. The van der Waals surface area contributed by atoms with Crippen LogP contribution in [0.25, 0.3) is 0 Å². The van der Waals surface area contributed by atoms with E-state index < -0.39 is 33.8 Å². The highest BCUT2D eigenvalue weighted by Gasteiger charge is 2.35. The van der Waals surface area contributed by atoms with Crippen LogP contribution in [0, 0.1) is 0 Å². The van der Waals surface area contributed by atoms with Gasteiger partial charge in [-0.1, -0.05) is 23.2 Å². The summed E-state index contributed by atoms with van der Waals surface area (Å²) in [6.45, 7) is 0. The van der Waals surface area contributed by atoms with Crippen LogP contribution in [0.5, 0.6) is 0 Å². The fourth-order valence-corrected chi connectivity index (χ4v) is 1.63. The molecule has 0 aliphatic carbocycles. The quantitative estimate of drug-likeness (QED) is 0.630. The molecule has 0 amide bonds. The molecule has 0 aliphatic heterocycles. The molecular formula is C8H3Cl2F5. The number of alkyl halides is 5. The second-order valence-corrected chi connectivity index (χ2v) is 3.41. The molecule has 0 bridgehead atoms. The lowest BCUT2D eigenvalue weighted by Gasteiger charge is -2.13. The molecule has 0 heterocycles. The van der Waals surface area contributed by atoms with Crippen LogP contribution < -0.4 is 0 Å². The SMILES string of the molecule is FC(F)c1c(Cl)ccc(C(F)(F)F)c1Cl. The van der Waals surface area contributed by atoms with E-state index in [4.69, 9.17) is 23.2 Å². The minimum absolute atomic E-state index is 0.483. The Hall–Kier alpha value is -0.550. The van der Waals surface area contributed by atoms with Crippen LogP contribution in [0.4, 0.5) is 22.0 Å². The number of benzene rings is 1. The van der Waals surface area contributed by atoms with Gasteiger partial charge in [0.25, 0.3) is 6.43 Å². The minimum Gasteiger partial charge on any atom is -0.205 e. The Morgan fingerprint density at radius 1 is 1.07 bits per heavy atom. The Bertz CT molecular complexity index is 372. The van der Waals surface area contributed by atoms with Crippen molar-refractivity contribution in [2.45, 2.75) is 12.6 Å². The van der Waals surface area contributed by atoms with Gasteiger partial charge in [-0.05, 0) is 12.1 Å².